The molecule has 1 aromatic rings. The molecule has 0 amide bonds. The zero-order valence-corrected chi connectivity index (χ0v) is 11.5. The molecule has 0 heterocycles. The van der Waals surface area contributed by atoms with Gasteiger partial charge in [-0.2, -0.15) is 0 Å². The van der Waals surface area contributed by atoms with Crippen molar-refractivity contribution in [3.63, 3.8) is 0 Å². The normalized spacial score (nSPS) is 17.4. The van der Waals surface area contributed by atoms with E-state index in [1.165, 1.54) is 0 Å². The second kappa shape index (κ2) is 6.20. The van der Waals surface area contributed by atoms with Crippen molar-refractivity contribution in [2.75, 3.05) is 6.61 Å². The molecule has 0 aliphatic heterocycles. The maximum Gasteiger partial charge on any atom is 0.162 e. The largest absolute Gasteiger partial charge is 0.491 e. The summed E-state index contributed by atoms with van der Waals surface area (Å²) in [5.41, 5.74) is 0.0152. The first-order chi connectivity index (χ1) is 9.13. The summed E-state index contributed by atoms with van der Waals surface area (Å²) in [7, 11) is 0. The Morgan fingerprint density at radius 3 is 2.79 bits per heavy atom. The standard InChI is InChI=1S/C16H22O3/c1-2-6-15(17)13-7-5-8-14(11-13)19-12-16(18)9-3-4-10-16/h5,7-8,11,18H,2-4,6,9-10,12H2,1H3. The van der Waals surface area contributed by atoms with Crippen LogP contribution < -0.4 is 4.74 Å². The predicted molar refractivity (Wildman–Crippen MR) is 74.6 cm³/mol. The van der Waals surface area contributed by atoms with Gasteiger partial charge in [-0.1, -0.05) is 31.9 Å². The Morgan fingerprint density at radius 2 is 2.11 bits per heavy atom. The maximum absolute atomic E-state index is 11.8. The molecule has 1 aliphatic carbocycles. The molecule has 2 rings (SSSR count). The molecular formula is C16H22O3. The van der Waals surface area contributed by atoms with E-state index in [4.69, 9.17) is 4.74 Å². The van der Waals surface area contributed by atoms with Crippen LogP contribution in [0.5, 0.6) is 5.75 Å². The van der Waals surface area contributed by atoms with Crippen LogP contribution in [0.15, 0.2) is 24.3 Å². The van der Waals surface area contributed by atoms with Gasteiger partial charge in [0.2, 0.25) is 0 Å². The van der Waals surface area contributed by atoms with Gasteiger partial charge >= 0.3 is 0 Å². The monoisotopic (exact) mass is 262 g/mol. The van der Waals surface area contributed by atoms with E-state index in [0.717, 1.165) is 32.1 Å². The minimum absolute atomic E-state index is 0.146. The lowest BCUT2D eigenvalue weighted by Crippen LogP contribution is -2.32. The first kappa shape index (κ1) is 14.1. The molecule has 0 radical (unpaired) electrons. The van der Waals surface area contributed by atoms with Gasteiger partial charge < -0.3 is 9.84 Å². The molecule has 0 saturated heterocycles. The molecule has 104 valence electrons. The first-order valence-electron chi connectivity index (χ1n) is 7.11. The minimum atomic E-state index is -0.677. The molecular weight excluding hydrogens is 240 g/mol. The zero-order valence-electron chi connectivity index (χ0n) is 11.5. The molecule has 1 saturated carbocycles. The van der Waals surface area contributed by atoms with Crippen molar-refractivity contribution in [2.24, 2.45) is 0 Å². The molecule has 1 aliphatic rings. The molecule has 0 spiro atoms. The summed E-state index contributed by atoms with van der Waals surface area (Å²) in [4.78, 5) is 11.8. The summed E-state index contributed by atoms with van der Waals surface area (Å²) in [6, 6.07) is 7.25. The number of rotatable bonds is 6. The summed E-state index contributed by atoms with van der Waals surface area (Å²) in [5, 5.41) is 10.2. The van der Waals surface area contributed by atoms with E-state index < -0.39 is 5.60 Å². The van der Waals surface area contributed by atoms with E-state index in [-0.39, 0.29) is 5.78 Å². The van der Waals surface area contributed by atoms with Crippen molar-refractivity contribution < 1.29 is 14.6 Å². The third-order valence-electron chi connectivity index (χ3n) is 3.67. The Labute approximate surface area is 114 Å². The van der Waals surface area contributed by atoms with E-state index in [2.05, 4.69) is 0 Å². The van der Waals surface area contributed by atoms with Crippen molar-refractivity contribution in [1.82, 2.24) is 0 Å². The van der Waals surface area contributed by atoms with Gasteiger partial charge in [0.15, 0.2) is 5.78 Å². The third-order valence-corrected chi connectivity index (χ3v) is 3.67. The molecule has 0 bridgehead atoms. The topological polar surface area (TPSA) is 46.5 Å². The number of hydrogen-bond acceptors (Lipinski definition) is 3. The summed E-state index contributed by atoms with van der Waals surface area (Å²) in [6.07, 6.45) is 5.16. The fourth-order valence-corrected chi connectivity index (χ4v) is 2.53. The van der Waals surface area contributed by atoms with Gasteiger partial charge in [-0.3, -0.25) is 4.79 Å². The molecule has 0 aromatic heterocycles. The van der Waals surface area contributed by atoms with Gasteiger partial charge in [0.05, 0.1) is 5.60 Å². The molecule has 1 N–H and O–H groups in total. The van der Waals surface area contributed by atoms with E-state index in [1.807, 2.05) is 25.1 Å². The van der Waals surface area contributed by atoms with E-state index in [9.17, 15) is 9.90 Å². The van der Waals surface area contributed by atoms with Crippen LogP contribution in [0.3, 0.4) is 0 Å². The lowest BCUT2D eigenvalue weighted by molar-refractivity contribution is 0.00140. The van der Waals surface area contributed by atoms with Gasteiger partial charge in [-0.15, -0.1) is 0 Å². The highest BCUT2D eigenvalue weighted by atomic mass is 16.5. The summed E-state index contributed by atoms with van der Waals surface area (Å²) in [5.74, 6) is 0.815. The number of hydrogen-bond donors (Lipinski definition) is 1. The number of Topliss-reactive ketones (excluding diaryl/α,β-unsaturated/α-hetero) is 1. The van der Waals surface area contributed by atoms with E-state index in [0.29, 0.717) is 24.3 Å². The minimum Gasteiger partial charge on any atom is -0.491 e. The lowest BCUT2D eigenvalue weighted by Gasteiger charge is -2.22. The highest BCUT2D eigenvalue weighted by molar-refractivity contribution is 5.96. The van der Waals surface area contributed by atoms with Crippen LogP contribution in [0.4, 0.5) is 0 Å². The third kappa shape index (κ3) is 3.80. The maximum atomic E-state index is 11.8. The highest BCUT2D eigenvalue weighted by Gasteiger charge is 2.31. The van der Waals surface area contributed by atoms with Crippen molar-refractivity contribution in [3.05, 3.63) is 29.8 Å². The van der Waals surface area contributed by atoms with Crippen LogP contribution in [-0.4, -0.2) is 23.1 Å². The zero-order chi connectivity index (χ0) is 13.7. The number of carbonyl (C=O) groups excluding carboxylic acids is 1. The summed E-state index contributed by atoms with van der Waals surface area (Å²) in [6.45, 7) is 2.31. The number of ether oxygens (including phenoxy) is 1. The number of ketones is 1. The lowest BCUT2D eigenvalue weighted by atomic mass is 10.0. The Morgan fingerprint density at radius 1 is 1.37 bits per heavy atom. The Kier molecular flexibility index (Phi) is 4.59. The van der Waals surface area contributed by atoms with Gasteiger partial charge in [-0.25, -0.2) is 0 Å². The smallest absolute Gasteiger partial charge is 0.162 e. The highest BCUT2D eigenvalue weighted by Crippen LogP contribution is 2.30. The molecule has 3 heteroatoms. The fourth-order valence-electron chi connectivity index (χ4n) is 2.53. The molecule has 0 unspecified atom stereocenters. The fraction of sp³-hybridized carbons (Fsp3) is 0.562. The molecule has 3 nitrogen and oxygen atoms in total. The Hall–Kier alpha value is -1.35. The quantitative estimate of drug-likeness (QED) is 0.800. The number of carbonyl (C=O) groups is 1. The van der Waals surface area contributed by atoms with Gasteiger partial charge in [-0.05, 0) is 31.4 Å². The number of benzene rings is 1. The van der Waals surface area contributed by atoms with Crippen LogP contribution in [0.2, 0.25) is 0 Å². The van der Waals surface area contributed by atoms with Crippen LogP contribution in [0.25, 0.3) is 0 Å². The van der Waals surface area contributed by atoms with E-state index >= 15 is 0 Å². The molecule has 0 atom stereocenters. The molecule has 1 aromatic carbocycles. The van der Waals surface area contributed by atoms with Gasteiger partial charge in [0.25, 0.3) is 0 Å². The van der Waals surface area contributed by atoms with Crippen molar-refractivity contribution in [3.8, 4) is 5.75 Å². The second-order valence-corrected chi connectivity index (χ2v) is 5.42. The average molecular weight is 262 g/mol. The Bertz CT molecular complexity index is 433. The van der Waals surface area contributed by atoms with Gasteiger partial charge in [0, 0.05) is 12.0 Å². The van der Waals surface area contributed by atoms with Crippen LogP contribution >= 0.6 is 0 Å². The van der Waals surface area contributed by atoms with Crippen LogP contribution in [0.1, 0.15) is 55.8 Å². The van der Waals surface area contributed by atoms with Gasteiger partial charge in [0.1, 0.15) is 12.4 Å². The van der Waals surface area contributed by atoms with Crippen LogP contribution in [-0.2, 0) is 0 Å². The van der Waals surface area contributed by atoms with Crippen LogP contribution in [0, 0.1) is 0 Å². The SMILES string of the molecule is CCCC(=O)c1cccc(OCC2(O)CCCC2)c1. The van der Waals surface area contributed by atoms with Crippen molar-refractivity contribution >= 4 is 5.78 Å². The number of aliphatic hydroxyl groups is 1. The average Bonchev–Trinajstić information content (AvgIpc) is 2.85. The summed E-state index contributed by atoms with van der Waals surface area (Å²) >= 11 is 0. The molecule has 1 fully saturated rings. The predicted octanol–water partition coefficient (Wildman–Crippen LogP) is 3.35. The van der Waals surface area contributed by atoms with E-state index in [1.54, 1.807) is 6.07 Å². The Balaban J connectivity index is 1.97. The second-order valence-electron chi connectivity index (χ2n) is 5.42. The summed E-state index contributed by atoms with van der Waals surface area (Å²) < 4.78 is 5.66. The first-order valence-corrected chi connectivity index (χ1v) is 7.11. The molecule has 19 heavy (non-hydrogen) atoms. The van der Waals surface area contributed by atoms with Crippen molar-refractivity contribution in [1.29, 1.82) is 0 Å². The van der Waals surface area contributed by atoms with Crippen molar-refractivity contribution in [2.45, 2.75) is 51.0 Å².